The molecule has 6 nitrogen and oxygen atoms in total. The fraction of sp³-hybridized carbons (Fsp3) is 0. The van der Waals surface area contributed by atoms with E-state index in [1.54, 1.807) is 0 Å². The summed E-state index contributed by atoms with van der Waals surface area (Å²) in [4.78, 5) is 0. The number of hydrogen-bond acceptors (Lipinski definition) is 6. The molecular weight excluding hydrogens is 232 g/mol. The zero-order valence-corrected chi connectivity index (χ0v) is 9.59. The monoisotopic (exact) mass is 238 g/mol. The minimum atomic E-state index is -4.15. The molecule has 0 heterocycles. The Labute approximate surface area is 93.0 Å². The molecule has 0 aliphatic carbocycles. The molecule has 0 saturated heterocycles. The van der Waals surface area contributed by atoms with E-state index in [2.05, 4.69) is 13.2 Å². The zero-order chi connectivity index (χ0) is 10.4. The summed E-state index contributed by atoms with van der Waals surface area (Å²) in [6.07, 6.45) is 0. The smallest absolute Gasteiger partial charge is 0.745 e. The summed E-state index contributed by atoms with van der Waals surface area (Å²) in [5.41, 5.74) is 0. The molecule has 13 heavy (non-hydrogen) atoms. The Kier molecular flexibility index (Phi) is 10.8. The summed E-state index contributed by atoms with van der Waals surface area (Å²) in [6, 6.07) is 0. The summed E-state index contributed by atoms with van der Waals surface area (Å²) in [5, 5.41) is 0.708. The zero-order valence-electron chi connectivity index (χ0n) is 6.54. The van der Waals surface area contributed by atoms with Crippen LogP contribution in [0, 0.1) is 0 Å². The first-order chi connectivity index (χ1) is 5.12. The fourth-order valence-corrected chi connectivity index (χ4v) is 0. The fourth-order valence-electron chi connectivity index (χ4n) is 0. The van der Waals surface area contributed by atoms with Crippen LogP contribution in [-0.2, 0) is 20.2 Å². The van der Waals surface area contributed by atoms with Crippen molar-refractivity contribution in [3.05, 3.63) is 24.0 Å². The van der Waals surface area contributed by atoms with E-state index in [0.717, 1.165) is 0 Å². The normalized spacial score (nSPS) is 10.0. The van der Waals surface area contributed by atoms with Gasteiger partial charge >= 0.3 is 23.1 Å². The molecule has 0 aliphatic rings. The molecule has 0 N–H and O–H groups in total. The third kappa shape index (κ3) is 33.2. The van der Waals surface area contributed by atoms with Gasteiger partial charge in [-0.1, -0.05) is 13.2 Å². The van der Waals surface area contributed by atoms with Crippen LogP contribution in [0.3, 0.4) is 0 Å². The van der Waals surface area contributed by atoms with Gasteiger partial charge in [0, 0.05) is 10.8 Å². The van der Waals surface area contributed by atoms with Gasteiger partial charge in [0.2, 0.25) is 0 Å². The molecule has 0 aliphatic heterocycles. The molecule has 0 aromatic rings. The molecule has 72 valence electrons. The Hall–Kier alpha value is 0.0662. The Morgan fingerprint density at radius 2 is 0.923 bits per heavy atom. The van der Waals surface area contributed by atoms with Gasteiger partial charge in [0.25, 0.3) is 0 Å². The second kappa shape index (κ2) is 7.47. The molecule has 0 unspecified atom stereocenters. The molecule has 0 saturated carbocycles. The van der Waals surface area contributed by atoms with Crippen LogP contribution in [0.15, 0.2) is 24.0 Å². The van der Waals surface area contributed by atoms with Crippen molar-refractivity contribution in [1.82, 2.24) is 0 Å². The minimum Gasteiger partial charge on any atom is -0.745 e. The maximum absolute atomic E-state index is 9.33. The van der Waals surface area contributed by atoms with Gasteiger partial charge in [0.1, 0.15) is 20.2 Å². The second-order valence-corrected chi connectivity index (χ2v) is 3.96. The third-order valence-electron chi connectivity index (χ3n) is 0.408. The first-order valence-electron chi connectivity index (χ1n) is 2.29. The predicted octanol–water partition coefficient (Wildman–Crippen LogP) is -1.03. The van der Waals surface area contributed by atoms with Gasteiger partial charge < -0.3 is 9.11 Å². The molecule has 0 aromatic carbocycles. The average Bonchev–Trinajstić information content (AvgIpc) is 1.86. The van der Waals surface area contributed by atoms with Crippen LogP contribution in [0.4, 0.5) is 0 Å². The van der Waals surface area contributed by atoms with Crippen molar-refractivity contribution >= 4 is 43.3 Å². The molecule has 9 heteroatoms. The van der Waals surface area contributed by atoms with Gasteiger partial charge in [-0.2, -0.15) is 0 Å². The van der Waals surface area contributed by atoms with Crippen molar-refractivity contribution in [3.8, 4) is 0 Å². The summed E-state index contributed by atoms with van der Waals surface area (Å²) in [7, 11) is -8.30. The summed E-state index contributed by atoms with van der Waals surface area (Å²) in [5.74, 6) is 0. The SMILES string of the molecule is C=CS(=O)(=O)[O-].C=CS(=O)(=O)[O-].[Mg+2]. The van der Waals surface area contributed by atoms with Crippen molar-refractivity contribution < 1.29 is 25.9 Å². The third-order valence-corrected chi connectivity index (χ3v) is 1.22. The Morgan fingerprint density at radius 3 is 0.923 bits per heavy atom. The maximum atomic E-state index is 9.33. The van der Waals surface area contributed by atoms with Crippen LogP contribution in [0.25, 0.3) is 0 Å². The average molecular weight is 239 g/mol. The van der Waals surface area contributed by atoms with Gasteiger partial charge in [0.05, 0.1) is 0 Å². The van der Waals surface area contributed by atoms with Crippen LogP contribution in [0.1, 0.15) is 0 Å². The van der Waals surface area contributed by atoms with Crippen LogP contribution >= 0.6 is 0 Å². The van der Waals surface area contributed by atoms with E-state index in [9.17, 15) is 25.9 Å². The largest absolute Gasteiger partial charge is 2.00 e. The van der Waals surface area contributed by atoms with Crippen LogP contribution in [-0.4, -0.2) is 49.0 Å². The Balaban J connectivity index is -0.000000143. The molecule has 0 bridgehead atoms. The van der Waals surface area contributed by atoms with Gasteiger partial charge in [0.15, 0.2) is 0 Å². The first-order valence-corrected chi connectivity index (χ1v) is 5.23. The molecule has 0 atom stereocenters. The van der Waals surface area contributed by atoms with Crippen LogP contribution in [0.5, 0.6) is 0 Å². The Bertz CT molecular complexity index is 280. The van der Waals surface area contributed by atoms with Crippen molar-refractivity contribution in [2.45, 2.75) is 0 Å². The first kappa shape index (κ1) is 18.8. The van der Waals surface area contributed by atoms with Crippen LogP contribution < -0.4 is 0 Å². The van der Waals surface area contributed by atoms with Gasteiger partial charge in [-0.15, -0.1) is 0 Å². The number of rotatable bonds is 2. The van der Waals surface area contributed by atoms with E-state index in [1.165, 1.54) is 0 Å². The summed E-state index contributed by atoms with van der Waals surface area (Å²) >= 11 is 0. The maximum Gasteiger partial charge on any atom is 2.00 e. The van der Waals surface area contributed by atoms with E-state index in [1.807, 2.05) is 0 Å². The summed E-state index contributed by atoms with van der Waals surface area (Å²) < 4.78 is 56.0. The molecule has 0 amide bonds. The van der Waals surface area contributed by atoms with Gasteiger partial charge in [-0.3, -0.25) is 0 Å². The molecule has 0 aromatic heterocycles. The predicted molar refractivity (Wildman–Crippen MR) is 45.5 cm³/mol. The topological polar surface area (TPSA) is 114 Å². The van der Waals surface area contributed by atoms with Crippen molar-refractivity contribution in [2.75, 3.05) is 0 Å². The number of hydrogen-bond donors (Lipinski definition) is 0. The molecule has 0 rings (SSSR count). The summed E-state index contributed by atoms with van der Waals surface area (Å²) in [6.45, 7) is 5.46. The van der Waals surface area contributed by atoms with Crippen molar-refractivity contribution in [3.63, 3.8) is 0 Å². The molecule has 0 radical (unpaired) electrons. The van der Waals surface area contributed by atoms with Gasteiger partial charge in [-0.05, 0) is 0 Å². The molecular formula is C4H6MgO6S2. The quantitative estimate of drug-likeness (QED) is 0.449. The van der Waals surface area contributed by atoms with E-state index in [4.69, 9.17) is 0 Å². The molecule has 0 fully saturated rings. The van der Waals surface area contributed by atoms with Crippen molar-refractivity contribution in [1.29, 1.82) is 0 Å². The van der Waals surface area contributed by atoms with E-state index < -0.39 is 20.2 Å². The van der Waals surface area contributed by atoms with E-state index >= 15 is 0 Å². The Morgan fingerprint density at radius 1 is 0.846 bits per heavy atom. The van der Waals surface area contributed by atoms with Gasteiger partial charge in [-0.25, -0.2) is 16.8 Å². The van der Waals surface area contributed by atoms with Crippen molar-refractivity contribution in [2.24, 2.45) is 0 Å². The van der Waals surface area contributed by atoms with Crippen LogP contribution in [0.2, 0.25) is 0 Å². The minimum absolute atomic E-state index is 0. The second-order valence-electron chi connectivity index (χ2n) is 1.32. The van der Waals surface area contributed by atoms with E-state index in [0.29, 0.717) is 10.8 Å². The van der Waals surface area contributed by atoms with E-state index in [-0.39, 0.29) is 23.1 Å². The molecule has 0 spiro atoms. The standard InChI is InChI=1S/2C2H4O3S.Mg/c2*1-2-6(3,4)5;/h2*2H,1H2,(H,3,4,5);/q;;+2/p-2.